The zero-order chi connectivity index (χ0) is 10.0. The van der Waals surface area contributed by atoms with E-state index in [1.165, 1.54) is 31.4 Å². The van der Waals surface area contributed by atoms with E-state index >= 15 is 0 Å². The van der Waals surface area contributed by atoms with Crippen LogP contribution in [0.4, 0.5) is 0 Å². The molecule has 0 aromatic carbocycles. The third kappa shape index (κ3) is 1.86. The standard InChI is InChI=1S/C12H19NS/c1-10(2)12(5-3-6-13-12)8-11-4-7-14-9-11/h4,7,9-10,13H,3,5-6,8H2,1-2H3. The van der Waals surface area contributed by atoms with Gasteiger partial charge >= 0.3 is 0 Å². The number of nitrogens with one attached hydrogen (secondary N) is 1. The molecule has 1 fully saturated rings. The van der Waals surface area contributed by atoms with Crippen LogP contribution in [0.15, 0.2) is 16.8 Å². The van der Waals surface area contributed by atoms with Crippen molar-refractivity contribution in [1.29, 1.82) is 0 Å². The van der Waals surface area contributed by atoms with Crippen molar-refractivity contribution in [3.8, 4) is 0 Å². The van der Waals surface area contributed by atoms with Gasteiger partial charge in [0, 0.05) is 5.54 Å². The Morgan fingerprint density at radius 3 is 2.93 bits per heavy atom. The zero-order valence-corrected chi connectivity index (χ0v) is 9.86. The summed E-state index contributed by atoms with van der Waals surface area (Å²) in [7, 11) is 0. The van der Waals surface area contributed by atoms with Crippen LogP contribution in [0.5, 0.6) is 0 Å². The maximum atomic E-state index is 3.71. The predicted octanol–water partition coefficient (Wildman–Crippen LogP) is 3.07. The fraction of sp³-hybridized carbons (Fsp3) is 0.667. The van der Waals surface area contributed by atoms with Gasteiger partial charge in [0.1, 0.15) is 0 Å². The van der Waals surface area contributed by atoms with Gasteiger partial charge in [0.15, 0.2) is 0 Å². The monoisotopic (exact) mass is 209 g/mol. The summed E-state index contributed by atoms with van der Waals surface area (Å²) in [5.74, 6) is 0.727. The third-order valence-electron chi connectivity index (χ3n) is 3.48. The summed E-state index contributed by atoms with van der Waals surface area (Å²) in [4.78, 5) is 0. The highest BCUT2D eigenvalue weighted by molar-refractivity contribution is 7.07. The van der Waals surface area contributed by atoms with Crippen molar-refractivity contribution in [3.05, 3.63) is 22.4 Å². The highest BCUT2D eigenvalue weighted by Crippen LogP contribution is 2.31. The highest BCUT2D eigenvalue weighted by Gasteiger charge is 2.36. The van der Waals surface area contributed by atoms with E-state index in [9.17, 15) is 0 Å². The van der Waals surface area contributed by atoms with Gasteiger partial charge in [-0.05, 0) is 54.1 Å². The molecule has 14 heavy (non-hydrogen) atoms. The topological polar surface area (TPSA) is 12.0 Å². The fourth-order valence-corrected chi connectivity index (χ4v) is 3.10. The Bertz CT molecular complexity index is 271. The lowest BCUT2D eigenvalue weighted by Crippen LogP contribution is -2.46. The smallest absolute Gasteiger partial charge is 0.0245 e. The lowest BCUT2D eigenvalue weighted by molar-refractivity contribution is 0.269. The molecule has 78 valence electrons. The van der Waals surface area contributed by atoms with Crippen molar-refractivity contribution < 1.29 is 0 Å². The molecule has 1 atom stereocenters. The fourth-order valence-electron chi connectivity index (χ4n) is 2.43. The van der Waals surface area contributed by atoms with Crippen LogP contribution in [-0.2, 0) is 6.42 Å². The summed E-state index contributed by atoms with van der Waals surface area (Å²) in [5.41, 5.74) is 1.87. The minimum atomic E-state index is 0.376. The molecule has 1 aliphatic heterocycles. The Morgan fingerprint density at radius 1 is 1.57 bits per heavy atom. The summed E-state index contributed by atoms with van der Waals surface area (Å²) >= 11 is 1.81. The van der Waals surface area contributed by atoms with Gasteiger partial charge in [0.25, 0.3) is 0 Å². The highest BCUT2D eigenvalue weighted by atomic mass is 32.1. The molecule has 0 aliphatic carbocycles. The second-order valence-corrected chi connectivity index (χ2v) is 5.43. The van der Waals surface area contributed by atoms with Crippen LogP contribution < -0.4 is 5.32 Å². The third-order valence-corrected chi connectivity index (χ3v) is 4.21. The molecule has 1 aromatic heterocycles. The SMILES string of the molecule is CC(C)C1(Cc2ccsc2)CCCN1. The van der Waals surface area contributed by atoms with Gasteiger partial charge in [0.2, 0.25) is 0 Å². The maximum absolute atomic E-state index is 3.71. The number of hydrogen-bond acceptors (Lipinski definition) is 2. The van der Waals surface area contributed by atoms with E-state index in [-0.39, 0.29) is 0 Å². The van der Waals surface area contributed by atoms with E-state index in [0.717, 1.165) is 5.92 Å². The van der Waals surface area contributed by atoms with E-state index in [4.69, 9.17) is 0 Å². The van der Waals surface area contributed by atoms with Crippen LogP contribution in [0.3, 0.4) is 0 Å². The summed E-state index contributed by atoms with van der Waals surface area (Å²) in [6, 6.07) is 2.26. The summed E-state index contributed by atoms with van der Waals surface area (Å²) in [6.45, 7) is 5.87. The molecular formula is C12H19NS. The Kier molecular flexibility index (Phi) is 2.93. The molecule has 0 amide bonds. The van der Waals surface area contributed by atoms with Gasteiger partial charge in [0.05, 0.1) is 0 Å². The van der Waals surface area contributed by atoms with Gasteiger partial charge in [-0.3, -0.25) is 0 Å². The van der Waals surface area contributed by atoms with Crippen LogP contribution in [-0.4, -0.2) is 12.1 Å². The van der Waals surface area contributed by atoms with E-state index in [0.29, 0.717) is 5.54 Å². The van der Waals surface area contributed by atoms with E-state index in [2.05, 4.69) is 36.0 Å². The molecule has 2 heterocycles. The quantitative estimate of drug-likeness (QED) is 0.806. The van der Waals surface area contributed by atoms with Crippen LogP contribution in [0, 0.1) is 5.92 Å². The van der Waals surface area contributed by atoms with Crippen LogP contribution in [0.1, 0.15) is 32.3 Å². The molecule has 0 spiro atoms. The first-order valence-corrected chi connectivity index (χ1v) is 6.43. The Balaban J connectivity index is 2.12. The van der Waals surface area contributed by atoms with Gasteiger partial charge in [-0.15, -0.1) is 0 Å². The van der Waals surface area contributed by atoms with Gasteiger partial charge < -0.3 is 5.32 Å². The van der Waals surface area contributed by atoms with E-state index < -0.39 is 0 Å². The predicted molar refractivity (Wildman–Crippen MR) is 62.8 cm³/mol. The van der Waals surface area contributed by atoms with Crippen molar-refractivity contribution in [2.75, 3.05) is 6.54 Å². The molecule has 1 aliphatic rings. The van der Waals surface area contributed by atoms with E-state index in [1.807, 2.05) is 0 Å². The normalized spacial score (nSPS) is 27.4. The first-order valence-electron chi connectivity index (χ1n) is 5.49. The summed E-state index contributed by atoms with van der Waals surface area (Å²) < 4.78 is 0. The van der Waals surface area contributed by atoms with Crippen LogP contribution in [0.2, 0.25) is 0 Å². The molecule has 1 unspecified atom stereocenters. The number of hydrogen-bond donors (Lipinski definition) is 1. The van der Waals surface area contributed by atoms with Crippen LogP contribution >= 0.6 is 11.3 Å². The van der Waals surface area contributed by atoms with Gasteiger partial charge in [-0.25, -0.2) is 0 Å². The minimum absolute atomic E-state index is 0.376. The molecular weight excluding hydrogens is 190 g/mol. The first kappa shape index (κ1) is 10.2. The molecule has 0 saturated carbocycles. The summed E-state index contributed by atoms with van der Waals surface area (Å²) in [6.07, 6.45) is 3.87. The molecule has 1 N–H and O–H groups in total. The molecule has 1 nitrogen and oxygen atoms in total. The molecule has 0 radical (unpaired) electrons. The van der Waals surface area contributed by atoms with E-state index in [1.54, 1.807) is 11.3 Å². The molecule has 2 rings (SSSR count). The van der Waals surface area contributed by atoms with Crippen molar-refractivity contribution >= 4 is 11.3 Å². The first-order chi connectivity index (χ1) is 6.73. The lowest BCUT2D eigenvalue weighted by atomic mass is 9.80. The largest absolute Gasteiger partial charge is 0.311 e. The second kappa shape index (κ2) is 4.03. The van der Waals surface area contributed by atoms with Crippen molar-refractivity contribution in [2.45, 2.75) is 38.6 Å². The average Bonchev–Trinajstić information content (AvgIpc) is 2.76. The second-order valence-electron chi connectivity index (χ2n) is 4.65. The lowest BCUT2D eigenvalue weighted by Gasteiger charge is -2.33. The Hall–Kier alpha value is -0.340. The van der Waals surface area contributed by atoms with Crippen molar-refractivity contribution in [2.24, 2.45) is 5.92 Å². The zero-order valence-electron chi connectivity index (χ0n) is 9.05. The average molecular weight is 209 g/mol. The van der Waals surface area contributed by atoms with Gasteiger partial charge in [-0.1, -0.05) is 13.8 Å². The molecule has 2 heteroatoms. The minimum Gasteiger partial charge on any atom is -0.311 e. The Morgan fingerprint density at radius 2 is 2.43 bits per heavy atom. The number of thiophene rings is 1. The van der Waals surface area contributed by atoms with Crippen molar-refractivity contribution in [1.82, 2.24) is 5.32 Å². The molecule has 0 bridgehead atoms. The summed E-state index contributed by atoms with van der Waals surface area (Å²) in [5, 5.41) is 8.17. The molecule has 1 saturated heterocycles. The number of rotatable bonds is 3. The van der Waals surface area contributed by atoms with Crippen molar-refractivity contribution in [3.63, 3.8) is 0 Å². The van der Waals surface area contributed by atoms with Gasteiger partial charge in [-0.2, -0.15) is 11.3 Å². The molecule has 1 aromatic rings. The Labute approximate surface area is 90.5 Å². The maximum Gasteiger partial charge on any atom is 0.0245 e. The van der Waals surface area contributed by atoms with Crippen LogP contribution in [0.25, 0.3) is 0 Å².